The number of primary amides is 1. The van der Waals surface area contributed by atoms with Crippen LogP contribution in [0.3, 0.4) is 0 Å². The summed E-state index contributed by atoms with van der Waals surface area (Å²) in [5, 5.41) is 8.33. The third-order valence-electron chi connectivity index (χ3n) is 2.10. The lowest BCUT2D eigenvalue weighted by Gasteiger charge is -2.03. The highest BCUT2D eigenvalue weighted by molar-refractivity contribution is 5.90. The Bertz CT molecular complexity index is 385. The number of hydrogen-bond acceptors (Lipinski definition) is 6. The highest BCUT2D eigenvalue weighted by atomic mass is 16.4. The Labute approximate surface area is 111 Å². The SMILES string of the molecule is NC(=O)c1cnccn1.NCCCCC(N)C(=O)O. The first kappa shape index (κ1) is 16.9. The van der Waals surface area contributed by atoms with Crippen LogP contribution in [0.1, 0.15) is 29.8 Å². The van der Waals surface area contributed by atoms with Crippen molar-refractivity contribution < 1.29 is 14.7 Å². The summed E-state index contributed by atoms with van der Waals surface area (Å²) in [5.41, 5.74) is 15.5. The van der Waals surface area contributed by atoms with Crippen molar-refractivity contribution in [3.63, 3.8) is 0 Å². The lowest BCUT2D eigenvalue weighted by molar-refractivity contribution is -0.138. The van der Waals surface area contributed by atoms with E-state index in [1.165, 1.54) is 18.6 Å². The Kier molecular flexibility index (Phi) is 8.84. The zero-order chi connectivity index (χ0) is 14.7. The van der Waals surface area contributed by atoms with Gasteiger partial charge in [-0.2, -0.15) is 0 Å². The molecule has 19 heavy (non-hydrogen) atoms. The van der Waals surface area contributed by atoms with E-state index in [-0.39, 0.29) is 5.69 Å². The van der Waals surface area contributed by atoms with Crippen molar-refractivity contribution in [2.45, 2.75) is 25.3 Å². The van der Waals surface area contributed by atoms with Gasteiger partial charge < -0.3 is 22.3 Å². The molecule has 1 rings (SSSR count). The molecule has 1 aromatic heterocycles. The first-order valence-corrected chi connectivity index (χ1v) is 5.73. The van der Waals surface area contributed by atoms with Gasteiger partial charge in [0.15, 0.2) is 0 Å². The molecule has 0 fully saturated rings. The van der Waals surface area contributed by atoms with Gasteiger partial charge in [-0.3, -0.25) is 14.6 Å². The maximum atomic E-state index is 10.3. The lowest BCUT2D eigenvalue weighted by Crippen LogP contribution is -2.29. The second kappa shape index (κ2) is 9.92. The Morgan fingerprint density at radius 3 is 2.37 bits per heavy atom. The summed E-state index contributed by atoms with van der Waals surface area (Å²) in [4.78, 5) is 27.7. The third-order valence-corrected chi connectivity index (χ3v) is 2.10. The molecule has 8 nitrogen and oxygen atoms in total. The van der Waals surface area contributed by atoms with Crippen LogP contribution in [0.2, 0.25) is 0 Å². The first-order valence-electron chi connectivity index (χ1n) is 5.73. The number of aromatic nitrogens is 2. The van der Waals surface area contributed by atoms with Gasteiger partial charge in [-0.15, -0.1) is 0 Å². The zero-order valence-electron chi connectivity index (χ0n) is 10.5. The van der Waals surface area contributed by atoms with Gasteiger partial charge in [0.05, 0.1) is 6.20 Å². The van der Waals surface area contributed by atoms with Crippen molar-refractivity contribution >= 4 is 11.9 Å². The van der Waals surface area contributed by atoms with E-state index in [9.17, 15) is 9.59 Å². The number of nitrogens with two attached hydrogens (primary N) is 3. The Morgan fingerprint density at radius 1 is 1.32 bits per heavy atom. The molecule has 0 saturated carbocycles. The minimum Gasteiger partial charge on any atom is -0.480 e. The van der Waals surface area contributed by atoms with Gasteiger partial charge in [0.25, 0.3) is 5.91 Å². The molecule has 0 aliphatic carbocycles. The van der Waals surface area contributed by atoms with Gasteiger partial charge in [-0.05, 0) is 19.4 Å². The summed E-state index contributed by atoms with van der Waals surface area (Å²) in [7, 11) is 0. The summed E-state index contributed by atoms with van der Waals surface area (Å²) >= 11 is 0. The van der Waals surface area contributed by atoms with Crippen LogP contribution in [0, 0.1) is 0 Å². The van der Waals surface area contributed by atoms with Crippen LogP contribution in [-0.4, -0.2) is 39.5 Å². The molecular formula is C11H19N5O3. The van der Waals surface area contributed by atoms with Crippen LogP contribution in [0.25, 0.3) is 0 Å². The maximum Gasteiger partial charge on any atom is 0.320 e. The highest BCUT2D eigenvalue weighted by Gasteiger charge is 2.09. The number of carbonyl (C=O) groups is 2. The molecule has 8 heteroatoms. The fraction of sp³-hybridized carbons (Fsp3) is 0.455. The molecule has 1 unspecified atom stereocenters. The van der Waals surface area contributed by atoms with Crippen LogP contribution >= 0.6 is 0 Å². The molecule has 0 aromatic carbocycles. The number of rotatable bonds is 6. The van der Waals surface area contributed by atoms with Crippen molar-refractivity contribution in [3.8, 4) is 0 Å². The second-order valence-corrected chi connectivity index (χ2v) is 3.68. The van der Waals surface area contributed by atoms with E-state index >= 15 is 0 Å². The highest BCUT2D eigenvalue weighted by Crippen LogP contribution is 1.96. The predicted molar refractivity (Wildman–Crippen MR) is 69.1 cm³/mol. The number of carbonyl (C=O) groups excluding carboxylic acids is 1. The molecule has 1 atom stereocenters. The fourth-order valence-electron chi connectivity index (χ4n) is 1.06. The fourth-order valence-corrected chi connectivity index (χ4v) is 1.06. The summed E-state index contributed by atoms with van der Waals surface area (Å²) in [5.74, 6) is -1.49. The lowest BCUT2D eigenvalue weighted by atomic mass is 10.1. The monoisotopic (exact) mass is 269 g/mol. The zero-order valence-corrected chi connectivity index (χ0v) is 10.5. The molecule has 0 spiro atoms. The van der Waals surface area contributed by atoms with Crippen LogP contribution in [0.15, 0.2) is 18.6 Å². The minimum absolute atomic E-state index is 0.192. The quantitative estimate of drug-likeness (QED) is 0.487. The van der Waals surface area contributed by atoms with Crippen LogP contribution in [0.5, 0.6) is 0 Å². The van der Waals surface area contributed by atoms with Crippen molar-refractivity contribution in [1.29, 1.82) is 0 Å². The number of carboxylic acids is 1. The Balaban J connectivity index is 0.000000342. The Morgan fingerprint density at radius 2 is 2.00 bits per heavy atom. The molecule has 1 aromatic rings. The predicted octanol–water partition coefficient (Wildman–Crippen LogP) is -0.897. The molecule has 0 aliphatic rings. The first-order chi connectivity index (χ1) is 8.99. The third kappa shape index (κ3) is 8.63. The average molecular weight is 269 g/mol. The van der Waals surface area contributed by atoms with E-state index in [1.54, 1.807) is 0 Å². The summed E-state index contributed by atoms with van der Waals surface area (Å²) in [6.07, 6.45) is 6.38. The van der Waals surface area contributed by atoms with Crippen molar-refractivity contribution in [2.24, 2.45) is 17.2 Å². The second-order valence-electron chi connectivity index (χ2n) is 3.68. The van der Waals surface area contributed by atoms with Gasteiger partial charge in [0, 0.05) is 12.4 Å². The molecular weight excluding hydrogens is 250 g/mol. The molecule has 0 aliphatic heterocycles. The van der Waals surface area contributed by atoms with Gasteiger partial charge in [-0.25, -0.2) is 4.98 Å². The number of carboxylic acid groups (broad SMARTS) is 1. The number of unbranched alkanes of at least 4 members (excludes halogenated alkanes) is 1. The topological polar surface area (TPSA) is 158 Å². The van der Waals surface area contributed by atoms with E-state index in [4.69, 9.17) is 22.3 Å². The van der Waals surface area contributed by atoms with Crippen LogP contribution in [-0.2, 0) is 4.79 Å². The molecule has 0 bridgehead atoms. The largest absolute Gasteiger partial charge is 0.480 e. The Hall–Kier alpha value is -2.06. The van der Waals surface area contributed by atoms with Crippen molar-refractivity contribution in [2.75, 3.05) is 6.54 Å². The molecule has 7 N–H and O–H groups in total. The van der Waals surface area contributed by atoms with E-state index in [1.807, 2.05) is 0 Å². The number of aliphatic carboxylic acids is 1. The van der Waals surface area contributed by atoms with Crippen LogP contribution < -0.4 is 17.2 Å². The summed E-state index contributed by atoms with van der Waals surface area (Å²) in [6, 6.07) is -0.716. The van der Waals surface area contributed by atoms with Gasteiger partial charge in [-0.1, -0.05) is 6.42 Å². The van der Waals surface area contributed by atoms with E-state index < -0.39 is 17.9 Å². The van der Waals surface area contributed by atoms with Gasteiger partial charge in [0.2, 0.25) is 0 Å². The standard InChI is InChI=1S/C6H14N2O2.C5H5N3O/c7-4-2-1-3-5(8)6(9)10;6-5(9)4-3-7-1-2-8-4/h5H,1-4,7-8H2,(H,9,10);1-3H,(H2,6,9). The number of hydrogen-bond donors (Lipinski definition) is 4. The average Bonchev–Trinajstić information content (AvgIpc) is 2.40. The molecule has 106 valence electrons. The molecule has 0 radical (unpaired) electrons. The smallest absolute Gasteiger partial charge is 0.320 e. The normalized spacial score (nSPS) is 11.1. The summed E-state index contributed by atoms with van der Waals surface area (Å²) < 4.78 is 0. The molecule has 1 heterocycles. The van der Waals surface area contributed by atoms with E-state index in [0.717, 1.165) is 12.8 Å². The van der Waals surface area contributed by atoms with Crippen molar-refractivity contribution in [3.05, 3.63) is 24.3 Å². The van der Waals surface area contributed by atoms with Gasteiger partial charge >= 0.3 is 5.97 Å². The van der Waals surface area contributed by atoms with E-state index in [2.05, 4.69) is 9.97 Å². The molecule has 1 amide bonds. The minimum atomic E-state index is -0.933. The van der Waals surface area contributed by atoms with E-state index in [0.29, 0.717) is 13.0 Å². The number of nitrogens with zero attached hydrogens (tertiary/aromatic N) is 2. The van der Waals surface area contributed by atoms with Crippen LogP contribution in [0.4, 0.5) is 0 Å². The summed E-state index contributed by atoms with van der Waals surface area (Å²) in [6.45, 7) is 0.604. The molecule has 0 saturated heterocycles. The van der Waals surface area contributed by atoms with Gasteiger partial charge in [0.1, 0.15) is 11.7 Å². The van der Waals surface area contributed by atoms with Crippen molar-refractivity contribution in [1.82, 2.24) is 9.97 Å². The maximum absolute atomic E-state index is 10.3. The number of amides is 1.